The van der Waals surface area contributed by atoms with E-state index in [0.29, 0.717) is 56.2 Å². The van der Waals surface area contributed by atoms with Crippen LogP contribution >= 0.6 is 0 Å². The van der Waals surface area contributed by atoms with Gasteiger partial charge < -0.3 is 18.9 Å². The SMILES string of the molecule is [2H]c1c([2H])c(C(C)(C)C)c([2H])c([2H])c1-c1c([2H])c(C(C)(C)C)c([2H])c(-c2c([2H])c(C(C)(C)C)c([2H])c([2H])c2C(C)(C)C)c1N1c2cc(-n3c4ccc(C(C)(C)C)cc4c4cc(C(C)(C)C)ccc43)ccc2B2c3ccc(-n4c5c([2H])c([2H])c([2H])c([2H])c5c5c([2H])c([2H])c([2H])c([2H])c54)cc3N(c3c(-c4ccc(C(C)(C)C)cc4)cc(C(C)(C)C)cc3-c3cc(C(C)(C)C)cc(C(C)(C)C)c3)c3cc(C(C)(C)C)cc1c32. The van der Waals surface area contributed by atoms with E-state index in [1.165, 1.54) is 0 Å². The molecule has 0 bridgehead atoms. The van der Waals surface area contributed by atoms with E-state index >= 15 is 0 Å². The molecule has 0 radical (unpaired) electrons. The maximum Gasteiger partial charge on any atom is 0.252 e. The summed E-state index contributed by atoms with van der Waals surface area (Å²) in [6, 6.07) is 44.1. The number of para-hydroxylation sites is 2. The van der Waals surface area contributed by atoms with Crippen LogP contribution in [0.15, 0.2) is 242 Å². The fourth-order valence-electron chi connectivity index (χ4n) is 18.4. The number of anilines is 6. The molecule has 0 N–H and O–H groups in total. The molecule has 2 aliphatic heterocycles. The molecule has 17 rings (SSSR count). The second-order valence-electron chi connectivity index (χ2n) is 47.6. The predicted molar refractivity (Wildman–Crippen MR) is 557 cm³/mol. The minimum Gasteiger partial charge on any atom is -0.310 e. The molecule has 650 valence electrons. The van der Waals surface area contributed by atoms with Crippen molar-refractivity contribution in [3.8, 4) is 55.9 Å². The van der Waals surface area contributed by atoms with E-state index < -0.39 is 110 Å². The van der Waals surface area contributed by atoms with Crippen molar-refractivity contribution >= 4 is 101 Å². The topological polar surface area (TPSA) is 16.3 Å². The number of hydrogen-bond acceptors (Lipinski definition) is 2. The second kappa shape index (κ2) is 29.9. The number of rotatable bonds is 8. The molecule has 15 aromatic rings. The minimum atomic E-state index is -1.15. The summed E-state index contributed by atoms with van der Waals surface area (Å²) in [5.74, 6) is 0. The Labute approximate surface area is 786 Å². The van der Waals surface area contributed by atoms with Gasteiger partial charge in [-0.25, -0.2) is 0 Å². The van der Waals surface area contributed by atoms with Gasteiger partial charge in [0.1, 0.15) is 0 Å². The van der Waals surface area contributed by atoms with Gasteiger partial charge in [0.05, 0.1) is 56.7 Å². The van der Waals surface area contributed by atoms with Crippen molar-refractivity contribution in [3.05, 3.63) is 303 Å². The minimum absolute atomic E-state index is 0.0620. The lowest BCUT2D eigenvalue weighted by Crippen LogP contribution is -2.61. The Hall–Kier alpha value is -10.9. The zero-order valence-corrected chi connectivity index (χ0v) is 81.6. The largest absolute Gasteiger partial charge is 0.310 e. The molecule has 0 amide bonds. The summed E-state index contributed by atoms with van der Waals surface area (Å²) < 4.78 is 181. The standard InChI is InChI=1S/C122H139BN4/c1-112(2,3)77-46-42-74(43-47-77)91-66-84(119(22,23)24)68-93(76-60-82(117(16,17)18)62-83(61-76)118(19,20)21)110(91)126-105-72-87(124-101-40-36-34-38-89(101)90-39-35-37-41-102(90)124)53-56-99(105)123-100-57-54-88(125-103-58-51-80(115(10,11)12)64-95(103)96-65-81(116(13,14)15)52-59-104(96)125)73-106(100)127(108-71-86(121(28,29)30)70-107(126)109(108)123)111-92(75-44-48-78(49-45-75)113(4,5)6)67-85(120(25,26)27)69-97(111)94-63-79(114(7,8)9)50-55-98(94)122(31,32)33/h34-73H,1-33H3/i34D,35D,36D,37D,38D,39D,40D,41D,44D,45D,48D,49D,50D,55D,63D,67D,69D. The molecular formula is C122H139BN4. The maximum atomic E-state index is 11.9. The van der Waals surface area contributed by atoms with Gasteiger partial charge in [0.15, 0.2) is 0 Å². The number of benzene rings is 13. The first-order valence-corrected chi connectivity index (χ1v) is 45.6. The van der Waals surface area contributed by atoms with Crippen LogP contribution in [0, 0.1) is 0 Å². The molecule has 4 nitrogen and oxygen atoms in total. The van der Waals surface area contributed by atoms with Crippen LogP contribution < -0.4 is 26.2 Å². The molecule has 4 heterocycles. The Morgan fingerprint density at radius 2 is 0.598 bits per heavy atom. The normalized spacial score (nSPS) is 15.9. The van der Waals surface area contributed by atoms with Crippen LogP contribution in [0.25, 0.3) is 99.5 Å². The summed E-state index contributed by atoms with van der Waals surface area (Å²) in [5.41, 5.74) is 11.6. The first-order valence-electron chi connectivity index (χ1n) is 54.1. The average molecular weight is 1690 g/mol. The van der Waals surface area contributed by atoms with Crippen molar-refractivity contribution in [3.63, 3.8) is 0 Å². The highest BCUT2D eigenvalue weighted by molar-refractivity contribution is 7.00. The molecule has 0 aliphatic carbocycles. The van der Waals surface area contributed by atoms with Crippen molar-refractivity contribution in [1.29, 1.82) is 0 Å². The number of nitrogens with zero attached hydrogens (tertiary/aromatic N) is 4. The van der Waals surface area contributed by atoms with Crippen LogP contribution in [0.4, 0.5) is 34.1 Å². The lowest BCUT2D eigenvalue weighted by molar-refractivity contribution is 0.569. The van der Waals surface area contributed by atoms with E-state index in [0.717, 1.165) is 83.0 Å². The fraction of sp³-hybridized carbons (Fsp3) is 0.361. The Morgan fingerprint density at radius 3 is 1.03 bits per heavy atom. The molecular weight excluding hydrogens is 1530 g/mol. The van der Waals surface area contributed by atoms with Gasteiger partial charge >= 0.3 is 0 Å². The van der Waals surface area contributed by atoms with E-state index in [1.54, 1.807) is 4.57 Å². The summed E-state index contributed by atoms with van der Waals surface area (Å²) in [7, 11) is 0. The monoisotopic (exact) mass is 1690 g/mol. The molecule has 0 unspecified atom stereocenters. The zero-order valence-electron chi connectivity index (χ0n) is 98.6. The molecule has 5 heteroatoms. The van der Waals surface area contributed by atoms with Gasteiger partial charge in [0.25, 0.3) is 6.71 Å². The van der Waals surface area contributed by atoms with E-state index in [1.807, 2.05) is 95.2 Å². The van der Waals surface area contributed by atoms with Crippen molar-refractivity contribution in [2.75, 3.05) is 9.80 Å². The van der Waals surface area contributed by atoms with Crippen molar-refractivity contribution in [1.82, 2.24) is 9.13 Å². The van der Waals surface area contributed by atoms with Crippen molar-refractivity contribution < 1.29 is 23.3 Å². The van der Waals surface area contributed by atoms with Crippen molar-refractivity contribution in [2.24, 2.45) is 0 Å². The molecule has 13 aromatic carbocycles. The summed E-state index contributed by atoms with van der Waals surface area (Å²) in [6.45, 7) is 68.6. The molecule has 127 heavy (non-hydrogen) atoms. The van der Waals surface area contributed by atoms with Gasteiger partial charge in [-0.15, -0.1) is 0 Å². The molecule has 0 atom stereocenters. The van der Waals surface area contributed by atoms with E-state index in [2.05, 4.69) is 287 Å². The Morgan fingerprint density at radius 1 is 0.228 bits per heavy atom. The molecule has 0 fully saturated rings. The highest BCUT2D eigenvalue weighted by atomic mass is 15.2. The Bertz CT molecular complexity index is 7820. The van der Waals surface area contributed by atoms with Crippen LogP contribution in [0.1, 0.15) is 313 Å². The molecule has 0 saturated heterocycles. The Kier molecular flexibility index (Phi) is 16.3. The third-order valence-corrected chi connectivity index (χ3v) is 26.3. The summed E-state index contributed by atoms with van der Waals surface area (Å²) in [5, 5.41) is 1.84. The number of fused-ring (bicyclic) bond motifs is 10. The highest BCUT2D eigenvalue weighted by Crippen LogP contribution is 2.58. The van der Waals surface area contributed by atoms with Crippen LogP contribution in [0.5, 0.6) is 0 Å². The fourth-order valence-corrected chi connectivity index (χ4v) is 18.4. The van der Waals surface area contributed by atoms with Gasteiger partial charge in [-0.1, -0.05) is 374 Å². The van der Waals surface area contributed by atoms with E-state index in [-0.39, 0.29) is 131 Å². The van der Waals surface area contributed by atoms with Gasteiger partial charge in [0, 0.05) is 77.9 Å². The third-order valence-electron chi connectivity index (χ3n) is 26.3. The number of aromatic nitrogens is 2. The molecule has 2 aromatic heterocycles. The zero-order chi connectivity index (χ0) is 106. The van der Waals surface area contributed by atoms with Gasteiger partial charge in [-0.3, -0.25) is 0 Å². The summed E-state index contributed by atoms with van der Waals surface area (Å²) >= 11 is 0. The van der Waals surface area contributed by atoms with Gasteiger partial charge in [-0.05, 0) is 256 Å². The van der Waals surface area contributed by atoms with E-state index in [4.69, 9.17) is 0 Å². The summed E-state index contributed by atoms with van der Waals surface area (Å²) in [6.07, 6.45) is 0. The van der Waals surface area contributed by atoms with Crippen LogP contribution in [0.3, 0.4) is 0 Å². The third kappa shape index (κ3) is 15.7. The molecule has 0 saturated carbocycles. The average Bonchev–Trinajstić information content (AvgIpc) is 1.23. The summed E-state index contributed by atoms with van der Waals surface area (Å²) in [4.78, 5) is 4.47. The lowest BCUT2D eigenvalue weighted by Gasteiger charge is -2.47. The Balaban J connectivity index is 1.20. The first kappa shape index (κ1) is 69.2. The maximum absolute atomic E-state index is 11.9. The quantitative estimate of drug-likeness (QED) is 0.141. The smallest absolute Gasteiger partial charge is 0.252 e. The van der Waals surface area contributed by atoms with Crippen LogP contribution in [-0.2, 0) is 59.6 Å². The lowest BCUT2D eigenvalue weighted by atomic mass is 9.33. The van der Waals surface area contributed by atoms with E-state index in [9.17, 15) is 23.3 Å². The predicted octanol–water partition coefficient (Wildman–Crippen LogP) is 32.9. The van der Waals surface area contributed by atoms with Crippen LogP contribution in [-0.4, -0.2) is 15.8 Å². The van der Waals surface area contributed by atoms with Crippen molar-refractivity contribution in [2.45, 2.75) is 288 Å². The van der Waals surface area contributed by atoms with Crippen LogP contribution in [0.2, 0.25) is 0 Å². The number of hydrogen-bond donors (Lipinski definition) is 0. The second-order valence-corrected chi connectivity index (χ2v) is 47.6. The molecule has 0 spiro atoms. The highest BCUT2D eigenvalue weighted by Gasteiger charge is 2.48. The van der Waals surface area contributed by atoms with Gasteiger partial charge in [-0.2, -0.15) is 0 Å². The molecule has 2 aliphatic rings. The first-order chi connectivity index (χ1) is 66.0. The van der Waals surface area contributed by atoms with Gasteiger partial charge in [0.2, 0.25) is 0 Å².